The van der Waals surface area contributed by atoms with E-state index in [9.17, 15) is 13.5 Å². The number of anilines is 1. The fraction of sp³-hybridized carbons (Fsp3) is 0.421. The molecule has 0 bridgehead atoms. The molecule has 0 radical (unpaired) electrons. The number of hydrogen-bond acceptors (Lipinski definition) is 10. The quantitative estimate of drug-likeness (QED) is 0.518. The van der Waals surface area contributed by atoms with Crippen LogP contribution >= 0.6 is 0 Å². The minimum absolute atomic E-state index is 0.0501. The normalized spacial score (nSPS) is 17.4. The number of pyridine rings is 1. The van der Waals surface area contributed by atoms with Gasteiger partial charge in [-0.05, 0) is 31.5 Å². The first kappa shape index (κ1) is 22.0. The lowest BCUT2D eigenvalue weighted by molar-refractivity contribution is 0.0949. The third-order valence-corrected chi connectivity index (χ3v) is 6.85. The summed E-state index contributed by atoms with van der Waals surface area (Å²) in [6.45, 7) is 3.07. The summed E-state index contributed by atoms with van der Waals surface area (Å²) >= 11 is 0. The van der Waals surface area contributed by atoms with Crippen molar-refractivity contribution in [3.63, 3.8) is 0 Å². The van der Waals surface area contributed by atoms with Crippen LogP contribution in [-0.4, -0.2) is 68.8 Å². The van der Waals surface area contributed by atoms with Crippen LogP contribution in [-0.2, 0) is 14.8 Å². The van der Waals surface area contributed by atoms with E-state index in [4.69, 9.17) is 9.47 Å². The van der Waals surface area contributed by atoms with Crippen molar-refractivity contribution in [1.82, 2.24) is 29.7 Å². The number of aryl methyl sites for hydroxylation is 1. The zero-order chi connectivity index (χ0) is 22.9. The molecule has 4 rings (SSSR count). The summed E-state index contributed by atoms with van der Waals surface area (Å²) in [4.78, 5) is 12.6. The van der Waals surface area contributed by atoms with E-state index in [2.05, 4.69) is 29.9 Å². The van der Waals surface area contributed by atoms with Crippen LogP contribution in [0.2, 0.25) is 0 Å². The molecule has 2 N–H and O–H groups in total. The van der Waals surface area contributed by atoms with Gasteiger partial charge in [-0.1, -0.05) is 0 Å². The predicted molar refractivity (Wildman–Crippen MR) is 113 cm³/mol. The molecule has 170 valence electrons. The van der Waals surface area contributed by atoms with E-state index in [0.29, 0.717) is 17.3 Å². The maximum atomic E-state index is 13.2. The van der Waals surface area contributed by atoms with Crippen molar-refractivity contribution in [3.8, 4) is 17.3 Å². The molecule has 32 heavy (non-hydrogen) atoms. The number of nitrogens with zero attached hydrogens (tertiary/aromatic N) is 6. The number of nitrogens with one attached hydrogen (secondary N) is 1. The maximum Gasteiger partial charge on any atom is 0.240 e. The van der Waals surface area contributed by atoms with Gasteiger partial charge in [0.25, 0.3) is 0 Å². The lowest BCUT2D eigenvalue weighted by atomic mass is 10.2. The van der Waals surface area contributed by atoms with Gasteiger partial charge in [-0.2, -0.15) is 0 Å². The van der Waals surface area contributed by atoms with Crippen molar-refractivity contribution in [2.75, 3.05) is 25.0 Å². The molecule has 0 spiro atoms. The summed E-state index contributed by atoms with van der Waals surface area (Å²) in [7, 11) is -2.63. The predicted octanol–water partition coefficient (Wildman–Crippen LogP) is 0.882. The molecule has 13 heteroatoms. The summed E-state index contributed by atoms with van der Waals surface area (Å²) in [6.07, 6.45) is 3.84. The number of methoxy groups -OCH3 is 1. The van der Waals surface area contributed by atoms with Crippen molar-refractivity contribution in [1.29, 1.82) is 0 Å². The molecule has 0 aromatic carbocycles. The van der Waals surface area contributed by atoms with E-state index in [1.165, 1.54) is 18.6 Å². The Balaban J connectivity index is 1.68. The number of sulfonamides is 1. The Morgan fingerprint density at radius 3 is 2.75 bits per heavy atom. The van der Waals surface area contributed by atoms with Crippen LogP contribution in [0.25, 0.3) is 11.4 Å². The molecule has 0 saturated heterocycles. The van der Waals surface area contributed by atoms with Crippen LogP contribution in [0, 0.1) is 6.92 Å². The second-order valence-electron chi connectivity index (χ2n) is 7.35. The number of ether oxygens (including phenoxy) is 2. The molecule has 3 aromatic heterocycles. The largest absolute Gasteiger partial charge is 0.475 e. The van der Waals surface area contributed by atoms with Crippen molar-refractivity contribution in [2.24, 2.45) is 0 Å². The van der Waals surface area contributed by atoms with Crippen LogP contribution in [0.15, 0.2) is 30.7 Å². The number of aliphatic hydroxyl groups excluding tert-OH is 1. The number of hydrogen-bond donors (Lipinski definition) is 2. The summed E-state index contributed by atoms with van der Waals surface area (Å²) in [5.74, 6) is 0.861. The molecule has 3 atom stereocenters. The molecule has 1 aliphatic rings. The Bertz CT molecular complexity index is 1200. The molecule has 0 unspecified atom stereocenters. The molecule has 1 aliphatic heterocycles. The average Bonchev–Trinajstić information content (AvgIpc) is 3.10. The van der Waals surface area contributed by atoms with Gasteiger partial charge >= 0.3 is 0 Å². The van der Waals surface area contributed by atoms with Gasteiger partial charge in [-0.3, -0.25) is 9.29 Å². The van der Waals surface area contributed by atoms with Gasteiger partial charge in [-0.25, -0.2) is 23.4 Å². The Kier molecular flexibility index (Phi) is 6.04. The van der Waals surface area contributed by atoms with Crippen LogP contribution in [0.5, 0.6) is 5.88 Å². The highest BCUT2D eigenvalue weighted by atomic mass is 32.2. The Morgan fingerprint density at radius 1 is 1.31 bits per heavy atom. The second kappa shape index (κ2) is 8.76. The Labute approximate surface area is 184 Å². The fourth-order valence-corrected chi connectivity index (χ4v) is 4.53. The van der Waals surface area contributed by atoms with E-state index in [0.717, 1.165) is 5.56 Å². The number of fused-ring (bicyclic) bond motifs is 3. The van der Waals surface area contributed by atoms with Gasteiger partial charge in [0.1, 0.15) is 18.0 Å². The lowest BCUT2D eigenvalue weighted by Gasteiger charge is -2.23. The molecular weight excluding hydrogens is 438 g/mol. The second-order valence-corrected chi connectivity index (χ2v) is 9.39. The highest BCUT2D eigenvalue weighted by Gasteiger charge is 2.35. The third-order valence-electron chi connectivity index (χ3n) is 5.15. The first-order chi connectivity index (χ1) is 15.4. The zero-order valence-electron chi connectivity index (χ0n) is 17.7. The summed E-state index contributed by atoms with van der Waals surface area (Å²) in [6, 6.07) is 2.82. The van der Waals surface area contributed by atoms with Crippen LogP contribution < -0.4 is 9.46 Å². The van der Waals surface area contributed by atoms with E-state index >= 15 is 0 Å². The number of rotatable bonds is 7. The third kappa shape index (κ3) is 4.01. The highest BCUT2D eigenvalue weighted by molar-refractivity contribution is 7.93. The van der Waals surface area contributed by atoms with E-state index < -0.39 is 27.4 Å². The van der Waals surface area contributed by atoms with Crippen molar-refractivity contribution in [2.45, 2.75) is 31.2 Å². The van der Waals surface area contributed by atoms with E-state index in [-0.39, 0.29) is 25.0 Å². The lowest BCUT2D eigenvalue weighted by Crippen LogP contribution is -2.34. The number of aliphatic hydroxyl groups is 1. The zero-order valence-corrected chi connectivity index (χ0v) is 18.5. The maximum absolute atomic E-state index is 13.2. The van der Waals surface area contributed by atoms with Gasteiger partial charge in [0.15, 0.2) is 11.6 Å². The van der Waals surface area contributed by atoms with Gasteiger partial charge in [0, 0.05) is 25.7 Å². The Hall–Kier alpha value is -3.16. The fourth-order valence-electron chi connectivity index (χ4n) is 3.39. The molecule has 0 fully saturated rings. The Morgan fingerprint density at radius 2 is 2.06 bits per heavy atom. The van der Waals surface area contributed by atoms with Gasteiger partial charge in [0.2, 0.25) is 21.9 Å². The molecular formula is C19H23N7O5S. The van der Waals surface area contributed by atoms with Crippen LogP contribution in [0.1, 0.15) is 30.5 Å². The number of aromatic nitrogens is 6. The van der Waals surface area contributed by atoms with E-state index in [1.54, 1.807) is 30.7 Å². The van der Waals surface area contributed by atoms with E-state index in [1.807, 2.05) is 6.92 Å². The summed E-state index contributed by atoms with van der Waals surface area (Å²) in [5, 5.41) is 17.0. The summed E-state index contributed by atoms with van der Waals surface area (Å²) in [5.41, 5.74) is 1.38. The highest BCUT2D eigenvalue weighted by Crippen LogP contribution is 2.35. The van der Waals surface area contributed by atoms with Crippen molar-refractivity contribution < 1.29 is 23.0 Å². The minimum atomic E-state index is -4.02. The van der Waals surface area contributed by atoms with Crippen molar-refractivity contribution >= 4 is 16.0 Å². The molecule has 3 aromatic rings. The van der Waals surface area contributed by atoms with Crippen LogP contribution in [0.3, 0.4) is 0 Å². The first-order valence-electron chi connectivity index (χ1n) is 9.82. The first-order valence-corrected chi connectivity index (χ1v) is 11.4. The molecule has 4 heterocycles. The molecule has 0 amide bonds. The van der Waals surface area contributed by atoms with Crippen LogP contribution in [0.4, 0.5) is 5.95 Å². The average molecular weight is 462 g/mol. The molecule has 0 aliphatic carbocycles. The topological polar surface area (TPSA) is 154 Å². The minimum Gasteiger partial charge on any atom is -0.475 e. The summed E-state index contributed by atoms with van der Waals surface area (Å²) < 4.78 is 41.5. The standard InChI is InChI=1S/C19H23N7O5S/c1-11-7-21-16(22-8-11)15(30-3)12(2)32(28,29)25-19-24-23-17-14-5-4-6-20-18(14)31-10-13(9-27)26(17)19/h4-8,12-13,15,27H,9-10H2,1-3H3,(H,24,25)/t12-,13-,15-/m0/s1. The van der Waals surface area contributed by atoms with Gasteiger partial charge in [-0.15, -0.1) is 10.2 Å². The SMILES string of the molecule is CO[C@H](c1ncc(C)cn1)[C@H](C)S(=O)(=O)Nc1nnc2n1[C@@H](CO)COc1ncccc1-2. The smallest absolute Gasteiger partial charge is 0.240 e. The molecule has 0 saturated carbocycles. The van der Waals surface area contributed by atoms with Gasteiger partial charge < -0.3 is 14.6 Å². The van der Waals surface area contributed by atoms with Crippen molar-refractivity contribution in [3.05, 3.63) is 42.1 Å². The van der Waals surface area contributed by atoms with Gasteiger partial charge in [0.05, 0.1) is 18.2 Å². The monoisotopic (exact) mass is 461 g/mol. The molecule has 12 nitrogen and oxygen atoms in total.